The van der Waals surface area contributed by atoms with Crippen LogP contribution in [0.15, 0.2) is 90.6 Å². The summed E-state index contributed by atoms with van der Waals surface area (Å²) in [5.41, 5.74) is 5.19. The Morgan fingerprint density at radius 3 is 2.28 bits per heavy atom. The number of carbonyl (C=O) groups excluding carboxylic acids is 1. The minimum atomic E-state index is -0.457. The molecule has 0 aliphatic carbocycles. The first-order valence-corrected chi connectivity index (χ1v) is 12.4. The van der Waals surface area contributed by atoms with Gasteiger partial charge in [0.25, 0.3) is 0 Å². The predicted molar refractivity (Wildman–Crippen MR) is 142 cm³/mol. The summed E-state index contributed by atoms with van der Waals surface area (Å²) in [5.74, 6) is -0.105. The van der Waals surface area contributed by atoms with E-state index in [4.69, 9.17) is 9.72 Å². The number of nitrogens with zero attached hydrogens (tertiary/aromatic N) is 4. The number of hydrogen-bond donors (Lipinski definition) is 1. The summed E-state index contributed by atoms with van der Waals surface area (Å²) in [7, 11) is 0. The maximum Gasteiger partial charge on any atom is 0.342 e. The Kier molecular flexibility index (Phi) is 7.05. The average molecular weight is 494 g/mol. The van der Waals surface area contributed by atoms with E-state index in [9.17, 15) is 4.79 Å². The highest BCUT2D eigenvalue weighted by atomic mass is 32.1. The number of hydrogen-bond acceptors (Lipinski definition) is 8. The second kappa shape index (κ2) is 10.9. The molecule has 0 saturated carbocycles. The Morgan fingerprint density at radius 2 is 1.58 bits per heavy atom. The Bertz CT molecular complexity index is 1460. The number of benzene rings is 2. The van der Waals surface area contributed by atoms with Crippen molar-refractivity contribution in [3.8, 4) is 33.0 Å². The van der Waals surface area contributed by atoms with E-state index in [0.29, 0.717) is 29.2 Å². The Balaban J connectivity index is 1.56. The maximum absolute atomic E-state index is 13.3. The van der Waals surface area contributed by atoms with E-state index in [1.165, 1.54) is 0 Å². The molecule has 0 amide bonds. The number of thiazole rings is 1. The molecule has 178 valence electrons. The molecule has 0 fully saturated rings. The lowest BCUT2D eigenvalue weighted by molar-refractivity contribution is 0.0528. The van der Waals surface area contributed by atoms with E-state index < -0.39 is 5.97 Å². The highest BCUT2D eigenvalue weighted by Gasteiger charge is 2.25. The van der Waals surface area contributed by atoms with Crippen molar-refractivity contribution in [2.24, 2.45) is 0 Å². The summed E-state index contributed by atoms with van der Waals surface area (Å²) in [5, 5.41) is 15.1. The number of carbonyl (C=O) groups is 1. The van der Waals surface area contributed by atoms with E-state index >= 15 is 0 Å². The summed E-state index contributed by atoms with van der Waals surface area (Å²) < 4.78 is 5.47. The highest BCUT2D eigenvalue weighted by Crippen LogP contribution is 2.36. The lowest BCUT2D eigenvalue weighted by Crippen LogP contribution is -2.15. The molecule has 5 aromatic rings. The van der Waals surface area contributed by atoms with Crippen LogP contribution in [-0.4, -0.2) is 32.7 Å². The Labute approximate surface area is 212 Å². The van der Waals surface area contributed by atoms with Crippen molar-refractivity contribution < 1.29 is 9.53 Å². The molecule has 1 N–H and O–H groups in total. The van der Waals surface area contributed by atoms with Gasteiger partial charge in [-0.15, -0.1) is 21.5 Å². The summed E-state index contributed by atoms with van der Waals surface area (Å²) in [6, 6.07) is 23.3. The second-order valence-corrected chi connectivity index (χ2v) is 8.69. The predicted octanol–water partition coefficient (Wildman–Crippen LogP) is 6.12. The molecule has 0 radical (unpaired) electrons. The van der Waals surface area contributed by atoms with Gasteiger partial charge in [-0.3, -0.25) is 4.98 Å². The van der Waals surface area contributed by atoms with Crippen molar-refractivity contribution in [3.05, 3.63) is 102 Å². The van der Waals surface area contributed by atoms with Gasteiger partial charge in [0, 0.05) is 34.5 Å². The largest absolute Gasteiger partial charge is 0.462 e. The fourth-order valence-electron chi connectivity index (χ4n) is 3.84. The van der Waals surface area contributed by atoms with Crippen LogP contribution in [0.2, 0.25) is 0 Å². The molecule has 0 atom stereocenters. The molecule has 0 bridgehead atoms. The molecule has 3 heterocycles. The highest BCUT2D eigenvalue weighted by molar-refractivity contribution is 7.13. The normalized spacial score (nSPS) is 10.7. The first kappa shape index (κ1) is 23.3. The second-order valence-electron chi connectivity index (χ2n) is 7.83. The van der Waals surface area contributed by atoms with E-state index in [0.717, 1.165) is 27.4 Å². The number of nitrogens with one attached hydrogen (secondary N) is 1. The van der Waals surface area contributed by atoms with E-state index in [-0.39, 0.29) is 6.61 Å². The lowest BCUT2D eigenvalue weighted by atomic mass is 9.95. The van der Waals surface area contributed by atoms with Gasteiger partial charge < -0.3 is 10.1 Å². The van der Waals surface area contributed by atoms with Crippen molar-refractivity contribution in [1.29, 1.82) is 0 Å². The van der Waals surface area contributed by atoms with Gasteiger partial charge >= 0.3 is 5.97 Å². The quantitative estimate of drug-likeness (QED) is 0.261. The van der Waals surface area contributed by atoms with Crippen molar-refractivity contribution in [2.75, 3.05) is 11.9 Å². The van der Waals surface area contributed by atoms with Crippen molar-refractivity contribution in [3.63, 3.8) is 0 Å². The van der Waals surface area contributed by atoms with Crippen LogP contribution in [0, 0.1) is 0 Å². The van der Waals surface area contributed by atoms with E-state index in [1.54, 1.807) is 30.7 Å². The minimum absolute atomic E-state index is 0.247. The zero-order valence-electron chi connectivity index (χ0n) is 19.6. The number of anilines is 1. The Hall–Kier alpha value is -4.43. The van der Waals surface area contributed by atoms with Crippen LogP contribution in [-0.2, 0) is 11.3 Å². The number of ether oxygens (including phenoxy) is 1. The number of aromatic nitrogens is 4. The lowest BCUT2D eigenvalue weighted by Gasteiger charge is -2.17. The van der Waals surface area contributed by atoms with Gasteiger partial charge in [0.05, 0.1) is 18.8 Å². The average Bonchev–Trinajstić information content (AvgIpc) is 3.42. The first-order valence-electron chi connectivity index (χ1n) is 11.5. The summed E-state index contributed by atoms with van der Waals surface area (Å²) in [4.78, 5) is 22.1. The summed E-state index contributed by atoms with van der Waals surface area (Å²) in [6.07, 6.45) is 3.49. The fourth-order valence-corrected chi connectivity index (χ4v) is 4.66. The van der Waals surface area contributed by atoms with Crippen LogP contribution >= 0.6 is 11.3 Å². The van der Waals surface area contributed by atoms with Crippen LogP contribution in [0.25, 0.3) is 33.0 Å². The van der Waals surface area contributed by atoms with Gasteiger partial charge in [-0.05, 0) is 24.6 Å². The number of pyridine rings is 1. The van der Waals surface area contributed by atoms with Crippen LogP contribution in [0.3, 0.4) is 0 Å². The molecule has 3 aromatic heterocycles. The molecule has 2 aromatic carbocycles. The van der Waals surface area contributed by atoms with Gasteiger partial charge in [-0.2, -0.15) is 0 Å². The third-order valence-electron chi connectivity index (χ3n) is 5.48. The van der Waals surface area contributed by atoms with Crippen molar-refractivity contribution >= 4 is 23.1 Å². The molecule has 0 unspecified atom stereocenters. The van der Waals surface area contributed by atoms with Crippen LogP contribution in [0.1, 0.15) is 23.0 Å². The summed E-state index contributed by atoms with van der Waals surface area (Å²) in [6.45, 7) is 2.41. The molecular weight excluding hydrogens is 470 g/mol. The van der Waals surface area contributed by atoms with Crippen LogP contribution < -0.4 is 5.32 Å². The standard InChI is InChI=1S/C28H23N5O2S/c1-2-35-28(34)24-23(19-9-5-3-6-10-19)25(20-11-7-4-8-12-20)32-33-26(24)30-17-22-18-36-27(31-22)21-13-15-29-16-14-21/h3-16,18H,2,17H2,1H3,(H,30,33). The van der Waals surface area contributed by atoms with Crippen LogP contribution in [0.5, 0.6) is 0 Å². The first-order chi connectivity index (χ1) is 17.7. The van der Waals surface area contributed by atoms with Crippen molar-refractivity contribution in [2.45, 2.75) is 13.5 Å². The molecule has 8 heteroatoms. The monoisotopic (exact) mass is 493 g/mol. The topological polar surface area (TPSA) is 89.9 Å². The van der Waals surface area contributed by atoms with Gasteiger partial charge in [0.15, 0.2) is 5.82 Å². The fraction of sp³-hybridized carbons (Fsp3) is 0.107. The third-order valence-corrected chi connectivity index (χ3v) is 6.42. The molecule has 0 aliphatic rings. The summed E-state index contributed by atoms with van der Waals surface area (Å²) >= 11 is 1.55. The zero-order valence-corrected chi connectivity index (χ0v) is 20.4. The van der Waals surface area contributed by atoms with E-state index in [1.807, 2.05) is 78.2 Å². The molecule has 0 saturated heterocycles. The van der Waals surface area contributed by atoms with Gasteiger partial charge in [-0.1, -0.05) is 60.7 Å². The molecule has 5 rings (SSSR count). The smallest absolute Gasteiger partial charge is 0.342 e. The molecule has 36 heavy (non-hydrogen) atoms. The molecule has 0 aliphatic heterocycles. The third kappa shape index (κ3) is 4.99. The maximum atomic E-state index is 13.3. The number of esters is 1. The zero-order chi connectivity index (χ0) is 24.7. The number of rotatable bonds is 8. The van der Waals surface area contributed by atoms with Crippen molar-refractivity contribution in [1.82, 2.24) is 20.2 Å². The Morgan fingerprint density at radius 1 is 0.889 bits per heavy atom. The minimum Gasteiger partial charge on any atom is -0.462 e. The van der Waals surface area contributed by atoms with Crippen LogP contribution in [0.4, 0.5) is 5.82 Å². The van der Waals surface area contributed by atoms with Gasteiger partial charge in [0.2, 0.25) is 0 Å². The molecule has 7 nitrogen and oxygen atoms in total. The SMILES string of the molecule is CCOC(=O)c1c(NCc2csc(-c3ccncc3)n2)nnc(-c2ccccc2)c1-c1ccccc1. The van der Waals surface area contributed by atoms with Gasteiger partial charge in [-0.25, -0.2) is 9.78 Å². The van der Waals surface area contributed by atoms with Gasteiger partial charge in [0.1, 0.15) is 16.3 Å². The molecular formula is C28H23N5O2S. The van der Waals surface area contributed by atoms with E-state index in [2.05, 4.69) is 20.5 Å². The molecule has 0 spiro atoms.